The van der Waals surface area contributed by atoms with E-state index in [1.807, 2.05) is 31.2 Å². The molecule has 0 aliphatic heterocycles. The van der Waals surface area contributed by atoms with E-state index >= 15 is 0 Å². The molecule has 0 bridgehead atoms. The number of fused-ring (bicyclic) bond motifs is 1. The molecule has 1 aliphatic rings. The zero-order valence-corrected chi connectivity index (χ0v) is 16.5. The van der Waals surface area contributed by atoms with Gasteiger partial charge in [0, 0.05) is 15.9 Å². The Hall–Kier alpha value is -2.79. The highest BCUT2D eigenvalue weighted by molar-refractivity contribution is 6.31. The van der Waals surface area contributed by atoms with Gasteiger partial charge in [-0.05, 0) is 50.5 Å². The second kappa shape index (κ2) is 6.99. The van der Waals surface area contributed by atoms with Gasteiger partial charge in [0.25, 0.3) is 0 Å². The van der Waals surface area contributed by atoms with E-state index in [-0.39, 0.29) is 18.2 Å². The number of aromatic amines is 1. The maximum atomic E-state index is 13.2. The first kappa shape index (κ1) is 18.6. The number of esters is 1. The number of hydrogen-bond donors (Lipinski definition) is 2. The number of benzene rings is 2. The average Bonchev–Trinajstić information content (AvgIpc) is 3.41. The Morgan fingerprint density at radius 2 is 1.89 bits per heavy atom. The number of aryl methyl sites for hydroxylation is 1. The predicted octanol–water partition coefficient (Wildman–Crippen LogP) is 4.98. The molecule has 28 heavy (non-hydrogen) atoms. The second-order valence-corrected chi connectivity index (χ2v) is 7.62. The fraction of sp³-hybridized carbons (Fsp3) is 0.273. The van der Waals surface area contributed by atoms with Crippen molar-refractivity contribution in [2.45, 2.75) is 32.1 Å². The topological polar surface area (TPSA) is 71.2 Å². The minimum atomic E-state index is -0.554. The van der Waals surface area contributed by atoms with E-state index in [1.54, 1.807) is 25.1 Å². The van der Waals surface area contributed by atoms with Gasteiger partial charge in [-0.3, -0.25) is 4.79 Å². The molecule has 0 saturated heterocycles. The summed E-state index contributed by atoms with van der Waals surface area (Å²) in [5.41, 5.74) is 2.94. The monoisotopic (exact) mass is 396 g/mol. The van der Waals surface area contributed by atoms with E-state index in [0.717, 1.165) is 24.0 Å². The van der Waals surface area contributed by atoms with E-state index in [1.165, 1.54) is 0 Å². The number of amides is 1. The van der Waals surface area contributed by atoms with Gasteiger partial charge in [0.05, 0.1) is 17.7 Å². The number of anilines is 1. The molecule has 1 amide bonds. The van der Waals surface area contributed by atoms with E-state index in [9.17, 15) is 9.59 Å². The highest BCUT2D eigenvalue weighted by atomic mass is 35.5. The van der Waals surface area contributed by atoms with Crippen LogP contribution in [0.5, 0.6) is 0 Å². The molecule has 1 aliphatic carbocycles. The number of ether oxygens (including phenoxy) is 1. The zero-order valence-electron chi connectivity index (χ0n) is 15.8. The first-order valence-electron chi connectivity index (χ1n) is 9.31. The number of hydrogen-bond acceptors (Lipinski definition) is 3. The minimum Gasteiger partial charge on any atom is -0.461 e. The van der Waals surface area contributed by atoms with Gasteiger partial charge < -0.3 is 15.0 Å². The van der Waals surface area contributed by atoms with Crippen LogP contribution in [0.4, 0.5) is 5.69 Å². The first-order valence-corrected chi connectivity index (χ1v) is 9.69. The van der Waals surface area contributed by atoms with Gasteiger partial charge >= 0.3 is 5.97 Å². The number of carbonyl (C=O) groups is 2. The van der Waals surface area contributed by atoms with Crippen molar-refractivity contribution in [1.82, 2.24) is 4.98 Å². The minimum absolute atomic E-state index is 0.122. The van der Waals surface area contributed by atoms with Gasteiger partial charge in [-0.1, -0.05) is 41.4 Å². The SMILES string of the molecule is CCOC(=O)c1[nH]c2ccc(Cl)cc2c1NC(=O)C1(c2ccc(C)cc2)CC1. The van der Waals surface area contributed by atoms with Crippen molar-refractivity contribution < 1.29 is 14.3 Å². The van der Waals surface area contributed by atoms with Crippen LogP contribution in [0.15, 0.2) is 42.5 Å². The van der Waals surface area contributed by atoms with Crippen molar-refractivity contribution in [3.05, 3.63) is 64.3 Å². The highest BCUT2D eigenvalue weighted by Crippen LogP contribution is 2.49. The van der Waals surface area contributed by atoms with Crippen LogP contribution in [0.25, 0.3) is 10.9 Å². The Morgan fingerprint density at radius 1 is 1.18 bits per heavy atom. The lowest BCUT2D eigenvalue weighted by Crippen LogP contribution is -2.28. The average molecular weight is 397 g/mol. The van der Waals surface area contributed by atoms with Gasteiger partial charge in [-0.2, -0.15) is 0 Å². The van der Waals surface area contributed by atoms with Crippen LogP contribution < -0.4 is 5.32 Å². The molecule has 2 aromatic carbocycles. The lowest BCUT2D eigenvalue weighted by atomic mass is 9.94. The number of aromatic nitrogens is 1. The van der Waals surface area contributed by atoms with Crippen molar-refractivity contribution >= 4 is 40.1 Å². The molecule has 0 unspecified atom stereocenters. The van der Waals surface area contributed by atoms with Crippen LogP contribution in [0.1, 0.15) is 41.4 Å². The molecule has 2 N–H and O–H groups in total. The van der Waals surface area contributed by atoms with Gasteiger partial charge in [-0.15, -0.1) is 0 Å². The molecule has 5 nitrogen and oxygen atoms in total. The Balaban J connectivity index is 1.73. The Labute approximate surface area is 168 Å². The lowest BCUT2D eigenvalue weighted by molar-refractivity contribution is -0.118. The van der Waals surface area contributed by atoms with Crippen LogP contribution in [-0.4, -0.2) is 23.5 Å². The predicted molar refractivity (Wildman–Crippen MR) is 110 cm³/mol. The second-order valence-electron chi connectivity index (χ2n) is 7.19. The number of halogens is 1. The summed E-state index contributed by atoms with van der Waals surface area (Å²) in [7, 11) is 0. The van der Waals surface area contributed by atoms with Crippen LogP contribution in [0, 0.1) is 6.92 Å². The number of rotatable bonds is 5. The molecule has 0 spiro atoms. The van der Waals surface area contributed by atoms with Gasteiger partial charge in [0.2, 0.25) is 5.91 Å². The summed E-state index contributed by atoms with van der Waals surface area (Å²) < 4.78 is 5.15. The molecular weight excluding hydrogens is 376 g/mol. The molecule has 1 saturated carbocycles. The third kappa shape index (κ3) is 3.16. The van der Waals surface area contributed by atoms with Crippen LogP contribution in [-0.2, 0) is 14.9 Å². The summed E-state index contributed by atoms with van der Waals surface area (Å²) in [5, 5.41) is 4.20. The Bertz CT molecular complexity index is 1070. The summed E-state index contributed by atoms with van der Waals surface area (Å²) in [6.45, 7) is 4.01. The molecular formula is C22H21ClN2O3. The van der Waals surface area contributed by atoms with Crippen molar-refractivity contribution in [2.75, 3.05) is 11.9 Å². The fourth-order valence-electron chi connectivity index (χ4n) is 3.53. The Kier molecular flexibility index (Phi) is 4.63. The standard InChI is InChI=1S/C22H21ClN2O3/c1-3-28-20(26)19-18(16-12-15(23)8-9-17(16)24-19)25-21(27)22(10-11-22)14-6-4-13(2)5-7-14/h4-9,12,24H,3,10-11H2,1-2H3,(H,25,27). The summed E-state index contributed by atoms with van der Waals surface area (Å²) in [5.74, 6) is -0.631. The smallest absolute Gasteiger partial charge is 0.356 e. The maximum absolute atomic E-state index is 13.2. The maximum Gasteiger partial charge on any atom is 0.356 e. The van der Waals surface area contributed by atoms with Gasteiger partial charge in [0.15, 0.2) is 0 Å². The molecule has 4 rings (SSSR count). The summed E-state index contributed by atoms with van der Waals surface area (Å²) in [6, 6.07) is 13.3. The molecule has 0 atom stereocenters. The molecule has 3 aromatic rings. The highest BCUT2D eigenvalue weighted by Gasteiger charge is 2.51. The van der Waals surface area contributed by atoms with Crippen molar-refractivity contribution in [1.29, 1.82) is 0 Å². The summed E-state index contributed by atoms with van der Waals surface area (Å²) in [6.07, 6.45) is 1.56. The number of nitrogens with one attached hydrogen (secondary N) is 2. The Morgan fingerprint density at radius 3 is 2.54 bits per heavy atom. The van der Waals surface area contributed by atoms with E-state index in [2.05, 4.69) is 10.3 Å². The normalized spacial score (nSPS) is 14.7. The fourth-order valence-corrected chi connectivity index (χ4v) is 3.70. The molecule has 144 valence electrons. The molecule has 0 radical (unpaired) electrons. The van der Waals surface area contributed by atoms with E-state index in [0.29, 0.717) is 21.6 Å². The van der Waals surface area contributed by atoms with Crippen LogP contribution in [0.2, 0.25) is 5.02 Å². The van der Waals surface area contributed by atoms with Gasteiger partial charge in [-0.25, -0.2) is 4.79 Å². The van der Waals surface area contributed by atoms with Crippen molar-refractivity contribution in [3.8, 4) is 0 Å². The number of H-pyrrole nitrogens is 1. The molecule has 6 heteroatoms. The van der Waals surface area contributed by atoms with Crippen LogP contribution >= 0.6 is 11.6 Å². The number of carbonyl (C=O) groups excluding carboxylic acids is 2. The first-order chi connectivity index (χ1) is 13.4. The van der Waals surface area contributed by atoms with E-state index in [4.69, 9.17) is 16.3 Å². The van der Waals surface area contributed by atoms with Crippen molar-refractivity contribution in [3.63, 3.8) is 0 Å². The van der Waals surface area contributed by atoms with Crippen molar-refractivity contribution in [2.24, 2.45) is 0 Å². The van der Waals surface area contributed by atoms with E-state index < -0.39 is 11.4 Å². The molecule has 1 fully saturated rings. The molecule has 1 heterocycles. The van der Waals surface area contributed by atoms with Gasteiger partial charge in [0.1, 0.15) is 5.69 Å². The summed E-state index contributed by atoms with van der Waals surface area (Å²) >= 11 is 6.15. The molecule has 1 aromatic heterocycles. The largest absolute Gasteiger partial charge is 0.461 e. The third-order valence-corrected chi connectivity index (χ3v) is 5.50. The van der Waals surface area contributed by atoms with Crippen LogP contribution in [0.3, 0.4) is 0 Å². The quantitative estimate of drug-likeness (QED) is 0.597. The third-order valence-electron chi connectivity index (χ3n) is 5.27. The summed E-state index contributed by atoms with van der Waals surface area (Å²) in [4.78, 5) is 28.7. The lowest BCUT2D eigenvalue weighted by Gasteiger charge is -2.16. The zero-order chi connectivity index (χ0) is 19.9.